The topological polar surface area (TPSA) is 90.9 Å². The van der Waals surface area contributed by atoms with E-state index in [0.29, 0.717) is 29.2 Å². The minimum Gasteiger partial charge on any atom is -0.228 e. The first-order valence-corrected chi connectivity index (χ1v) is 8.06. The van der Waals surface area contributed by atoms with Crippen molar-refractivity contribution in [3.05, 3.63) is 41.2 Å². The summed E-state index contributed by atoms with van der Waals surface area (Å²) < 4.78 is 24.0. The fourth-order valence-electron chi connectivity index (χ4n) is 2.41. The molecule has 1 aromatic heterocycles. The van der Waals surface area contributed by atoms with Crippen LogP contribution in [-0.4, -0.2) is 23.4 Å². The van der Waals surface area contributed by atoms with E-state index in [9.17, 15) is 8.42 Å². The molecule has 106 valence electrons. The van der Waals surface area contributed by atoms with Gasteiger partial charge in [0.1, 0.15) is 10.4 Å². The van der Waals surface area contributed by atoms with Crippen molar-refractivity contribution >= 4 is 21.6 Å². The van der Waals surface area contributed by atoms with Crippen molar-refractivity contribution in [1.29, 1.82) is 0 Å². The third-order valence-corrected chi connectivity index (χ3v) is 5.79. The molecule has 0 bridgehead atoms. The largest absolute Gasteiger partial charge is 0.228 e. The summed E-state index contributed by atoms with van der Waals surface area (Å²) in [6, 6.07) is 7.14. The molecule has 1 heterocycles. The van der Waals surface area contributed by atoms with E-state index in [4.69, 9.17) is 16.7 Å². The average Bonchev–Trinajstić information content (AvgIpc) is 2.75. The first-order valence-electron chi connectivity index (χ1n) is 6.14. The Bertz CT molecular complexity index is 752. The number of para-hydroxylation sites is 1. The molecule has 0 atom stereocenters. The van der Waals surface area contributed by atoms with E-state index >= 15 is 0 Å². The van der Waals surface area contributed by atoms with E-state index in [1.54, 1.807) is 24.4 Å². The Morgan fingerprint density at radius 3 is 2.55 bits per heavy atom. The Kier molecular flexibility index (Phi) is 3.07. The third-order valence-electron chi connectivity index (χ3n) is 3.77. The summed E-state index contributed by atoms with van der Waals surface area (Å²) in [6.07, 6.45) is 3.36. The molecule has 0 spiro atoms. The first kappa shape index (κ1) is 13.5. The fraction of sp³-hybridized carbons (Fsp3) is 0.333. The normalized spacial score (nSPS) is 17.7. The van der Waals surface area contributed by atoms with Crippen molar-refractivity contribution in [2.45, 2.75) is 24.0 Å². The van der Waals surface area contributed by atoms with Gasteiger partial charge in [0.25, 0.3) is 0 Å². The Hall–Kier alpha value is -1.44. The van der Waals surface area contributed by atoms with E-state index in [2.05, 4.69) is 10.3 Å². The molecule has 0 amide bonds. The number of hydrogen-bond acceptors (Lipinski definition) is 4. The van der Waals surface area contributed by atoms with E-state index in [0.717, 1.165) is 6.42 Å². The summed E-state index contributed by atoms with van der Waals surface area (Å²) in [5.74, 6) is 0. The van der Waals surface area contributed by atoms with Gasteiger partial charge in [0.15, 0.2) is 0 Å². The maximum atomic E-state index is 11.8. The van der Waals surface area contributed by atoms with Crippen LogP contribution in [0.3, 0.4) is 0 Å². The molecule has 1 saturated carbocycles. The van der Waals surface area contributed by atoms with Gasteiger partial charge in [-0.05, 0) is 31.4 Å². The Morgan fingerprint density at radius 2 is 2.00 bits per heavy atom. The number of halogens is 1. The van der Waals surface area contributed by atoms with Crippen molar-refractivity contribution < 1.29 is 8.42 Å². The highest BCUT2D eigenvalue weighted by atomic mass is 35.5. The minimum absolute atomic E-state index is 0.381. The van der Waals surface area contributed by atoms with Crippen molar-refractivity contribution in [2.24, 2.45) is 5.14 Å². The zero-order chi connectivity index (χ0) is 14.4. The van der Waals surface area contributed by atoms with E-state index < -0.39 is 14.8 Å². The van der Waals surface area contributed by atoms with Crippen LogP contribution in [0.1, 0.15) is 25.0 Å². The van der Waals surface area contributed by atoms with Gasteiger partial charge in [0, 0.05) is 0 Å². The van der Waals surface area contributed by atoms with Crippen LogP contribution in [0.5, 0.6) is 0 Å². The van der Waals surface area contributed by atoms with Gasteiger partial charge in [-0.3, -0.25) is 0 Å². The second-order valence-electron chi connectivity index (χ2n) is 4.89. The predicted molar refractivity (Wildman–Crippen MR) is 75.0 cm³/mol. The Labute approximate surface area is 121 Å². The molecule has 0 aliphatic heterocycles. The number of primary sulfonamides is 1. The molecule has 1 fully saturated rings. The van der Waals surface area contributed by atoms with Gasteiger partial charge < -0.3 is 0 Å². The molecule has 3 rings (SSSR count). The van der Waals surface area contributed by atoms with Gasteiger partial charge in [0.2, 0.25) is 10.0 Å². The Morgan fingerprint density at radius 1 is 1.30 bits per heavy atom. The summed E-state index contributed by atoms with van der Waals surface area (Å²) >= 11 is 6.09. The molecule has 0 saturated heterocycles. The van der Waals surface area contributed by atoms with E-state index in [1.165, 1.54) is 4.68 Å². The van der Waals surface area contributed by atoms with Crippen LogP contribution in [0.4, 0.5) is 0 Å². The lowest BCUT2D eigenvalue weighted by molar-refractivity contribution is 0.337. The van der Waals surface area contributed by atoms with E-state index in [1.807, 2.05) is 6.07 Å². The molecular formula is C12H13ClN4O2S. The predicted octanol–water partition coefficient (Wildman–Crippen LogP) is 1.59. The van der Waals surface area contributed by atoms with E-state index in [-0.39, 0.29) is 0 Å². The molecular weight excluding hydrogens is 300 g/mol. The lowest BCUT2D eigenvalue weighted by Gasteiger charge is -2.37. The zero-order valence-electron chi connectivity index (χ0n) is 10.5. The fourth-order valence-corrected chi connectivity index (χ4v) is 3.88. The second kappa shape index (κ2) is 4.54. The van der Waals surface area contributed by atoms with Gasteiger partial charge in [-0.25, -0.2) is 18.2 Å². The molecule has 20 heavy (non-hydrogen) atoms. The van der Waals surface area contributed by atoms with Crippen LogP contribution < -0.4 is 5.14 Å². The highest BCUT2D eigenvalue weighted by molar-refractivity contribution is 7.90. The average molecular weight is 313 g/mol. The molecule has 1 aliphatic rings. The highest BCUT2D eigenvalue weighted by Gasteiger charge is 2.50. The van der Waals surface area contributed by atoms with Crippen LogP contribution in [0, 0.1) is 0 Å². The quantitative estimate of drug-likeness (QED) is 0.931. The highest BCUT2D eigenvalue weighted by Crippen LogP contribution is 2.46. The number of nitrogens with two attached hydrogens (primary N) is 1. The summed E-state index contributed by atoms with van der Waals surface area (Å²) in [5, 5.41) is 13.8. The molecule has 2 N–H and O–H groups in total. The molecule has 0 unspecified atom stereocenters. The zero-order valence-corrected chi connectivity index (χ0v) is 12.1. The molecule has 6 nitrogen and oxygen atoms in total. The number of hydrogen-bond donors (Lipinski definition) is 1. The van der Waals surface area contributed by atoms with Crippen molar-refractivity contribution in [2.75, 3.05) is 0 Å². The minimum atomic E-state index is -3.71. The van der Waals surface area contributed by atoms with Gasteiger partial charge in [0.05, 0.1) is 16.9 Å². The monoisotopic (exact) mass is 312 g/mol. The van der Waals surface area contributed by atoms with Crippen molar-refractivity contribution in [1.82, 2.24) is 15.0 Å². The molecule has 1 aliphatic carbocycles. The summed E-state index contributed by atoms with van der Waals surface area (Å²) in [4.78, 5) is 0. The van der Waals surface area contributed by atoms with Crippen LogP contribution in [0.2, 0.25) is 5.02 Å². The van der Waals surface area contributed by atoms with Crippen molar-refractivity contribution in [3.8, 4) is 5.69 Å². The van der Waals surface area contributed by atoms with Crippen molar-refractivity contribution in [3.63, 3.8) is 0 Å². The third kappa shape index (κ3) is 1.93. The molecule has 0 radical (unpaired) electrons. The number of benzene rings is 1. The second-order valence-corrected chi connectivity index (χ2v) is 7.17. The summed E-state index contributed by atoms with van der Waals surface area (Å²) in [6.45, 7) is 0. The summed E-state index contributed by atoms with van der Waals surface area (Å²) in [5.41, 5.74) is 1.03. The lowest BCUT2D eigenvalue weighted by atomic mass is 9.82. The first-order chi connectivity index (χ1) is 9.44. The maximum absolute atomic E-state index is 11.8. The number of sulfonamides is 1. The molecule has 2 aromatic rings. The number of nitrogens with zero attached hydrogens (tertiary/aromatic N) is 3. The summed E-state index contributed by atoms with van der Waals surface area (Å²) in [7, 11) is -3.71. The molecule has 1 aromatic carbocycles. The smallest absolute Gasteiger partial charge is 0.220 e. The van der Waals surface area contributed by atoms with Gasteiger partial charge in [-0.1, -0.05) is 28.9 Å². The Balaban J connectivity index is 2.06. The number of rotatable bonds is 3. The lowest BCUT2D eigenvalue weighted by Crippen LogP contribution is -2.46. The van der Waals surface area contributed by atoms with Crippen LogP contribution in [0.15, 0.2) is 30.5 Å². The number of aromatic nitrogens is 3. The standard InChI is InChI=1S/C12H13ClN4O2S/c13-9-4-1-2-5-10(9)17-8-11(15-16-17)12(6-3-7-12)20(14,18)19/h1-2,4-5,8H,3,6-7H2,(H2,14,18,19). The maximum Gasteiger partial charge on any atom is 0.220 e. The van der Waals surface area contributed by atoms with Gasteiger partial charge in [-0.2, -0.15) is 0 Å². The van der Waals surface area contributed by atoms with Gasteiger partial charge >= 0.3 is 0 Å². The van der Waals surface area contributed by atoms with Crippen LogP contribution in [-0.2, 0) is 14.8 Å². The van der Waals surface area contributed by atoms with Gasteiger partial charge in [-0.15, -0.1) is 5.10 Å². The van der Waals surface area contributed by atoms with Crippen LogP contribution >= 0.6 is 11.6 Å². The SMILES string of the molecule is NS(=O)(=O)C1(c2cn(-c3ccccc3Cl)nn2)CCC1. The molecule has 8 heteroatoms. The van der Waals surface area contributed by atoms with Crippen LogP contribution in [0.25, 0.3) is 5.69 Å².